The molecule has 0 aliphatic rings. The van der Waals surface area contributed by atoms with Crippen molar-refractivity contribution >= 4 is 24.3 Å². The molecule has 0 aromatic rings. The van der Waals surface area contributed by atoms with Crippen LogP contribution in [0.1, 0.15) is 0 Å². The summed E-state index contributed by atoms with van der Waals surface area (Å²) >= 11 is 1.21. The monoisotopic (exact) mass is 116 g/mol. The molecule has 2 radical (unpaired) electrons. The largest absolute Gasteiger partial charge is 0.290 e. The smallest absolute Gasteiger partial charge is 0.209 e. The van der Waals surface area contributed by atoms with Crippen molar-refractivity contribution in [3.63, 3.8) is 0 Å². The van der Waals surface area contributed by atoms with E-state index < -0.39 is 0 Å². The third-order valence-corrected chi connectivity index (χ3v) is 0.966. The molecular formula is C4H4O2S. The quantitative estimate of drug-likeness (QED) is 0.482. The average Bonchev–Trinajstić information content (AvgIpc) is 1.69. The highest BCUT2D eigenvalue weighted by Gasteiger charge is 1.82. The van der Waals surface area contributed by atoms with Crippen molar-refractivity contribution in [2.75, 3.05) is 11.5 Å². The lowest BCUT2D eigenvalue weighted by atomic mass is 10.9. The van der Waals surface area contributed by atoms with Crippen molar-refractivity contribution in [1.29, 1.82) is 0 Å². The highest BCUT2D eigenvalue weighted by atomic mass is 32.2. The van der Waals surface area contributed by atoms with Gasteiger partial charge >= 0.3 is 0 Å². The maximum atomic E-state index is 9.40. The Morgan fingerprint density at radius 3 is 1.86 bits per heavy atom. The molecule has 0 aliphatic carbocycles. The first-order valence-electron chi connectivity index (χ1n) is 1.69. The lowest BCUT2D eigenvalue weighted by Gasteiger charge is -1.77. The minimum Gasteiger partial charge on any atom is -0.290 e. The van der Waals surface area contributed by atoms with Crippen LogP contribution < -0.4 is 0 Å². The van der Waals surface area contributed by atoms with Crippen LogP contribution in [0.5, 0.6) is 0 Å². The topological polar surface area (TPSA) is 34.1 Å². The Bertz CT molecular complexity index is 54.7. The minimum atomic E-state index is 0.273. The zero-order chi connectivity index (χ0) is 5.54. The van der Waals surface area contributed by atoms with Crippen LogP contribution in [0.25, 0.3) is 0 Å². The standard InChI is InChI=1S/C4H4O2S/c5-1-3-7-4-2-6/h3-4H2. The van der Waals surface area contributed by atoms with Crippen LogP contribution in [0.3, 0.4) is 0 Å². The fraction of sp³-hybridized carbons (Fsp3) is 0.500. The van der Waals surface area contributed by atoms with Crippen molar-refractivity contribution in [1.82, 2.24) is 0 Å². The van der Waals surface area contributed by atoms with Gasteiger partial charge < -0.3 is 0 Å². The molecule has 0 rings (SSSR count). The van der Waals surface area contributed by atoms with Gasteiger partial charge in [0, 0.05) is 0 Å². The highest BCUT2D eigenvalue weighted by molar-refractivity contribution is 8.00. The first-order valence-corrected chi connectivity index (χ1v) is 2.85. The molecule has 0 bridgehead atoms. The molecule has 7 heavy (non-hydrogen) atoms. The van der Waals surface area contributed by atoms with Crippen LogP contribution in [-0.4, -0.2) is 24.1 Å². The van der Waals surface area contributed by atoms with E-state index in [1.165, 1.54) is 11.8 Å². The summed E-state index contributed by atoms with van der Waals surface area (Å²) in [6, 6.07) is 0. The number of rotatable bonds is 4. The predicted molar refractivity (Wildman–Crippen MR) is 28.7 cm³/mol. The summed E-state index contributed by atoms with van der Waals surface area (Å²) in [5.41, 5.74) is 0. The van der Waals surface area contributed by atoms with Gasteiger partial charge in [0.25, 0.3) is 0 Å². The second-order valence-corrected chi connectivity index (χ2v) is 1.77. The van der Waals surface area contributed by atoms with E-state index in [1.54, 1.807) is 12.6 Å². The average molecular weight is 116 g/mol. The van der Waals surface area contributed by atoms with Gasteiger partial charge in [0.15, 0.2) is 0 Å². The fourth-order valence-electron chi connectivity index (χ4n) is 0.134. The SMILES string of the molecule is O=[C]CSC[C]=O. The lowest BCUT2D eigenvalue weighted by molar-refractivity contribution is 0.560. The van der Waals surface area contributed by atoms with Gasteiger partial charge in [0.1, 0.15) is 0 Å². The Balaban J connectivity index is 2.68. The van der Waals surface area contributed by atoms with Crippen molar-refractivity contribution in [3.05, 3.63) is 0 Å². The molecule has 0 saturated heterocycles. The molecule has 0 aromatic heterocycles. The maximum absolute atomic E-state index is 9.40. The summed E-state index contributed by atoms with van der Waals surface area (Å²) < 4.78 is 0. The van der Waals surface area contributed by atoms with E-state index in [0.717, 1.165) is 0 Å². The van der Waals surface area contributed by atoms with Gasteiger partial charge in [-0.3, -0.25) is 9.59 Å². The summed E-state index contributed by atoms with van der Waals surface area (Å²) in [6.45, 7) is 0. The van der Waals surface area contributed by atoms with E-state index in [0.29, 0.717) is 0 Å². The van der Waals surface area contributed by atoms with E-state index in [1.807, 2.05) is 0 Å². The highest BCUT2D eigenvalue weighted by Crippen LogP contribution is 1.91. The molecule has 0 aliphatic heterocycles. The predicted octanol–water partition coefficient (Wildman–Crippen LogP) is -0.0610. The molecule has 38 valence electrons. The number of hydrogen-bond acceptors (Lipinski definition) is 3. The molecule has 0 fully saturated rings. The second kappa shape index (κ2) is 5.69. The van der Waals surface area contributed by atoms with E-state index >= 15 is 0 Å². The van der Waals surface area contributed by atoms with Gasteiger partial charge in [-0.05, 0) is 0 Å². The minimum absolute atomic E-state index is 0.273. The van der Waals surface area contributed by atoms with Crippen LogP contribution >= 0.6 is 11.8 Å². The van der Waals surface area contributed by atoms with Gasteiger partial charge in [-0.1, -0.05) is 0 Å². The second-order valence-electron chi connectivity index (χ2n) is 0.781. The van der Waals surface area contributed by atoms with Crippen molar-refractivity contribution in [2.24, 2.45) is 0 Å². The van der Waals surface area contributed by atoms with Crippen LogP contribution in [0.4, 0.5) is 0 Å². The Kier molecular flexibility index (Phi) is 5.44. The molecule has 0 spiro atoms. The van der Waals surface area contributed by atoms with E-state index in [9.17, 15) is 9.59 Å². The zero-order valence-electron chi connectivity index (χ0n) is 3.64. The van der Waals surface area contributed by atoms with Crippen LogP contribution in [0.2, 0.25) is 0 Å². The summed E-state index contributed by atoms with van der Waals surface area (Å²) in [5.74, 6) is 0.546. The Morgan fingerprint density at radius 2 is 1.57 bits per heavy atom. The molecule has 0 N–H and O–H groups in total. The third-order valence-electron chi connectivity index (χ3n) is 0.322. The first kappa shape index (κ1) is 6.69. The van der Waals surface area contributed by atoms with E-state index in [4.69, 9.17) is 0 Å². The van der Waals surface area contributed by atoms with Gasteiger partial charge in [-0.15, -0.1) is 11.8 Å². The summed E-state index contributed by atoms with van der Waals surface area (Å²) in [7, 11) is 0. The molecule has 0 heterocycles. The van der Waals surface area contributed by atoms with Gasteiger partial charge in [0.2, 0.25) is 12.6 Å². The summed E-state index contributed by atoms with van der Waals surface area (Å²) in [4.78, 5) is 18.8. The van der Waals surface area contributed by atoms with Crippen molar-refractivity contribution in [3.8, 4) is 0 Å². The summed E-state index contributed by atoms with van der Waals surface area (Å²) in [6.07, 6.45) is 3.27. The van der Waals surface area contributed by atoms with Gasteiger partial charge in [0.05, 0.1) is 11.5 Å². The van der Waals surface area contributed by atoms with Gasteiger partial charge in [-0.25, -0.2) is 0 Å². The van der Waals surface area contributed by atoms with Gasteiger partial charge in [-0.2, -0.15) is 0 Å². The third kappa shape index (κ3) is 5.69. The molecule has 0 aromatic carbocycles. The Morgan fingerprint density at radius 1 is 1.14 bits per heavy atom. The first-order chi connectivity index (χ1) is 3.41. The molecule has 0 saturated carbocycles. The molecule has 0 unspecified atom stereocenters. The number of carbonyl (C=O) groups excluding carboxylic acids is 2. The zero-order valence-corrected chi connectivity index (χ0v) is 4.46. The molecular weight excluding hydrogens is 112 g/mol. The van der Waals surface area contributed by atoms with Crippen molar-refractivity contribution in [2.45, 2.75) is 0 Å². The number of hydrogen-bond donors (Lipinski definition) is 0. The number of thioether (sulfide) groups is 1. The van der Waals surface area contributed by atoms with E-state index in [2.05, 4.69) is 0 Å². The van der Waals surface area contributed by atoms with Crippen molar-refractivity contribution < 1.29 is 9.59 Å². The molecule has 2 nitrogen and oxygen atoms in total. The Labute approximate surface area is 46.3 Å². The fourth-order valence-corrected chi connectivity index (χ4v) is 0.403. The normalized spacial score (nSPS) is 8.00. The van der Waals surface area contributed by atoms with Crippen LogP contribution in [-0.2, 0) is 9.59 Å². The van der Waals surface area contributed by atoms with E-state index in [-0.39, 0.29) is 11.5 Å². The molecule has 0 amide bonds. The molecule has 0 atom stereocenters. The van der Waals surface area contributed by atoms with Crippen LogP contribution in [0.15, 0.2) is 0 Å². The summed E-state index contributed by atoms with van der Waals surface area (Å²) in [5, 5.41) is 0. The lowest BCUT2D eigenvalue weighted by Crippen LogP contribution is -1.82. The molecule has 3 heteroatoms. The Hall–Kier alpha value is -0.310. The van der Waals surface area contributed by atoms with Crippen LogP contribution in [0, 0.1) is 0 Å². The maximum Gasteiger partial charge on any atom is 0.209 e.